The van der Waals surface area contributed by atoms with Crippen LogP contribution in [0.4, 0.5) is 16.2 Å². The van der Waals surface area contributed by atoms with E-state index in [1.165, 1.54) is 6.20 Å². The molecular formula is C12H17FN4O. The minimum absolute atomic E-state index is 0.223. The molecule has 1 N–H and O–H groups in total. The summed E-state index contributed by atoms with van der Waals surface area (Å²) in [6.45, 7) is 4.12. The number of hydrogen-bond acceptors (Lipinski definition) is 5. The molecule has 2 atom stereocenters. The van der Waals surface area contributed by atoms with Crippen LogP contribution >= 0.6 is 0 Å². The van der Waals surface area contributed by atoms with Crippen LogP contribution in [0.25, 0.3) is 0 Å². The molecular weight excluding hydrogens is 235 g/mol. The molecule has 0 aliphatic carbocycles. The van der Waals surface area contributed by atoms with Crippen molar-refractivity contribution in [3.05, 3.63) is 12.0 Å². The number of ether oxygens (including phenoxy) is 1. The van der Waals surface area contributed by atoms with E-state index in [2.05, 4.69) is 15.3 Å². The molecule has 2 fully saturated rings. The number of morpholine rings is 1. The van der Waals surface area contributed by atoms with Gasteiger partial charge >= 0.3 is 0 Å². The van der Waals surface area contributed by atoms with Crippen molar-refractivity contribution < 1.29 is 9.13 Å². The lowest BCUT2D eigenvalue weighted by Crippen LogP contribution is -2.43. The second-order valence-corrected chi connectivity index (χ2v) is 4.76. The van der Waals surface area contributed by atoms with Crippen molar-refractivity contribution in [2.24, 2.45) is 0 Å². The molecule has 2 aliphatic heterocycles. The van der Waals surface area contributed by atoms with Crippen LogP contribution in [0.1, 0.15) is 19.8 Å². The zero-order valence-corrected chi connectivity index (χ0v) is 10.4. The molecule has 2 bridgehead atoms. The predicted octanol–water partition coefficient (Wildman–Crippen LogP) is 1.42. The summed E-state index contributed by atoms with van der Waals surface area (Å²) >= 11 is 0. The Bertz CT molecular complexity index is 430. The van der Waals surface area contributed by atoms with Crippen molar-refractivity contribution in [3.8, 4) is 0 Å². The van der Waals surface area contributed by atoms with Gasteiger partial charge < -0.3 is 15.0 Å². The molecule has 2 aliphatic rings. The van der Waals surface area contributed by atoms with Crippen LogP contribution in [-0.4, -0.2) is 41.8 Å². The topological polar surface area (TPSA) is 50.3 Å². The summed E-state index contributed by atoms with van der Waals surface area (Å²) in [5.74, 6) is 0.506. The minimum atomic E-state index is -0.363. The molecule has 0 amide bonds. The number of hydrogen-bond donors (Lipinski definition) is 1. The lowest BCUT2D eigenvalue weighted by atomic mass is 10.2. The molecule has 0 aromatic carbocycles. The average molecular weight is 252 g/mol. The van der Waals surface area contributed by atoms with Crippen molar-refractivity contribution in [3.63, 3.8) is 0 Å². The SMILES string of the molecule is CCNc1ncc(F)c(N2CC3CCC(C2)O3)n1. The summed E-state index contributed by atoms with van der Waals surface area (Å²) < 4.78 is 19.6. The quantitative estimate of drug-likeness (QED) is 0.881. The second-order valence-electron chi connectivity index (χ2n) is 4.76. The standard InChI is InChI=1S/C12H17FN4O/c1-2-14-12-15-5-10(13)11(16-12)17-6-8-3-4-9(7-17)18-8/h5,8-9H,2-4,6-7H2,1H3,(H,14,15,16). The van der Waals surface area contributed by atoms with E-state index in [4.69, 9.17) is 4.74 Å². The Morgan fingerprint density at radius 2 is 2.17 bits per heavy atom. The third-order valence-electron chi connectivity index (χ3n) is 3.40. The third kappa shape index (κ3) is 2.12. The predicted molar refractivity (Wildman–Crippen MR) is 66.3 cm³/mol. The summed E-state index contributed by atoms with van der Waals surface area (Å²) in [7, 11) is 0. The molecule has 0 spiro atoms. The first-order valence-corrected chi connectivity index (χ1v) is 6.43. The Kier molecular flexibility index (Phi) is 3.03. The Hall–Kier alpha value is -1.43. The molecule has 3 heterocycles. The van der Waals surface area contributed by atoms with E-state index in [-0.39, 0.29) is 18.0 Å². The van der Waals surface area contributed by atoms with Crippen LogP contribution in [0.5, 0.6) is 0 Å². The Morgan fingerprint density at radius 1 is 1.44 bits per heavy atom. The van der Waals surface area contributed by atoms with Crippen molar-refractivity contribution in [1.29, 1.82) is 0 Å². The van der Waals surface area contributed by atoms with Crippen molar-refractivity contribution in [2.45, 2.75) is 32.0 Å². The highest BCUT2D eigenvalue weighted by atomic mass is 19.1. The Balaban J connectivity index is 1.84. The number of fused-ring (bicyclic) bond motifs is 2. The van der Waals surface area contributed by atoms with Gasteiger partial charge in [-0.05, 0) is 19.8 Å². The van der Waals surface area contributed by atoms with Gasteiger partial charge in [-0.1, -0.05) is 0 Å². The molecule has 2 saturated heterocycles. The summed E-state index contributed by atoms with van der Waals surface area (Å²) in [4.78, 5) is 10.2. The normalized spacial score (nSPS) is 26.4. The van der Waals surface area contributed by atoms with Crippen molar-refractivity contribution >= 4 is 11.8 Å². The van der Waals surface area contributed by atoms with Crippen LogP contribution in [0.15, 0.2) is 6.20 Å². The number of nitrogens with one attached hydrogen (secondary N) is 1. The zero-order valence-electron chi connectivity index (χ0n) is 10.4. The number of halogens is 1. The fourth-order valence-electron chi connectivity index (χ4n) is 2.61. The highest BCUT2D eigenvalue weighted by Gasteiger charge is 2.35. The molecule has 18 heavy (non-hydrogen) atoms. The summed E-state index contributed by atoms with van der Waals surface area (Å²) in [6.07, 6.45) is 3.81. The van der Waals surface area contributed by atoms with Gasteiger partial charge in [-0.15, -0.1) is 0 Å². The van der Waals surface area contributed by atoms with Gasteiger partial charge in [0.2, 0.25) is 5.95 Å². The number of rotatable bonds is 3. The highest BCUT2D eigenvalue weighted by molar-refractivity contribution is 5.44. The monoisotopic (exact) mass is 252 g/mol. The molecule has 3 rings (SSSR count). The van der Waals surface area contributed by atoms with Crippen molar-refractivity contribution in [2.75, 3.05) is 29.9 Å². The molecule has 0 radical (unpaired) electrons. The zero-order chi connectivity index (χ0) is 12.5. The minimum Gasteiger partial charge on any atom is -0.371 e. The van der Waals surface area contributed by atoms with Crippen LogP contribution in [0, 0.1) is 5.82 Å². The van der Waals surface area contributed by atoms with Crippen LogP contribution < -0.4 is 10.2 Å². The molecule has 1 aromatic rings. The van der Waals surface area contributed by atoms with Crippen molar-refractivity contribution in [1.82, 2.24) is 9.97 Å². The van der Waals surface area contributed by atoms with Gasteiger partial charge in [-0.3, -0.25) is 0 Å². The van der Waals surface area contributed by atoms with Gasteiger partial charge in [-0.25, -0.2) is 9.37 Å². The molecule has 2 unspecified atom stereocenters. The molecule has 98 valence electrons. The van der Waals surface area contributed by atoms with Gasteiger partial charge in [-0.2, -0.15) is 4.98 Å². The van der Waals surface area contributed by atoms with E-state index in [0.717, 1.165) is 32.5 Å². The van der Waals surface area contributed by atoms with Crippen LogP contribution in [0.3, 0.4) is 0 Å². The molecule has 0 saturated carbocycles. The first-order valence-electron chi connectivity index (χ1n) is 6.43. The van der Waals surface area contributed by atoms with Gasteiger partial charge in [0.25, 0.3) is 0 Å². The largest absolute Gasteiger partial charge is 0.371 e. The van der Waals surface area contributed by atoms with Crippen LogP contribution in [0.2, 0.25) is 0 Å². The Labute approximate surface area is 105 Å². The third-order valence-corrected chi connectivity index (χ3v) is 3.40. The maximum Gasteiger partial charge on any atom is 0.224 e. The van der Waals surface area contributed by atoms with E-state index in [1.807, 2.05) is 11.8 Å². The fraction of sp³-hybridized carbons (Fsp3) is 0.667. The van der Waals surface area contributed by atoms with E-state index in [9.17, 15) is 4.39 Å². The van der Waals surface area contributed by atoms with Gasteiger partial charge in [0.15, 0.2) is 11.6 Å². The fourth-order valence-corrected chi connectivity index (χ4v) is 2.61. The second kappa shape index (κ2) is 4.68. The molecule has 6 heteroatoms. The van der Waals surface area contributed by atoms with E-state index in [0.29, 0.717) is 11.8 Å². The maximum atomic E-state index is 13.8. The van der Waals surface area contributed by atoms with E-state index < -0.39 is 0 Å². The van der Waals surface area contributed by atoms with Gasteiger partial charge in [0, 0.05) is 19.6 Å². The smallest absolute Gasteiger partial charge is 0.224 e. The summed E-state index contributed by atoms with van der Waals surface area (Å²) in [5, 5.41) is 3.01. The maximum absolute atomic E-state index is 13.8. The van der Waals surface area contributed by atoms with Gasteiger partial charge in [0.05, 0.1) is 18.4 Å². The van der Waals surface area contributed by atoms with Crippen LogP contribution in [-0.2, 0) is 4.74 Å². The molecule has 5 nitrogen and oxygen atoms in total. The number of nitrogens with zero attached hydrogens (tertiary/aromatic N) is 3. The average Bonchev–Trinajstić information content (AvgIpc) is 2.71. The lowest BCUT2D eigenvalue weighted by molar-refractivity contribution is 0.0300. The first-order chi connectivity index (χ1) is 8.76. The highest BCUT2D eigenvalue weighted by Crippen LogP contribution is 2.30. The summed E-state index contributed by atoms with van der Waals surface area (Å²) in [6, 6.07) is 0. The number of aromatic nitrogens is 2. The van der Waals surface area contributed by atoms with Gasteiger partial charge in [0.1, 0.15) is 0 Å². The number of anilines is 2. The Morgan fingerprint density at radius 3 is 2.83 bits per heavy atom. The van der Waals surface area contributed by atoms with E-state index >= 15 is 0 Å². The van der Waals surface area contributed by atoms with E-state index in [1.54, 1.807) is 0 Å². The molecule has 1 aromatic heterocycles. The summed E-state index contributed by atoms with van der Waals surface area (Å²) in [5.41, 5.74) is 0. The lowest BCUT2D eigenvalue weighted by Gasteiger charge is -2.33. The first kappa shape index (κ1) is 11.6.